The number of ether oxygens (including phenoxy) is 1. The third-order valence-electron chi connectivity index (χ3n) is 8.66. The van der Waals surface area contributed by atoms with Crippen molar-refractivity contribution in [1.82, 2.24) is 15.2 Å². The van der Waals surface area contributed by atoms with Crippen molar-refractivity contribution in [3.05, 3.63) is 90.1 Å². The summed E-state index contributed by atoms with van der Waals surface area (Å²) in [5, 5.41) is 6.51. The van der Waals surface area contributed by atoms with E-state index in [1.54, 1.807) is 0 Å². The molecular formula is C32H35N3O2. The molecule has 1 amide bonds. The molecule has 2 bridgehead atoms. The summed E-state index contributed by atoms with van der Waals surface area (Å²) in [6.45, 7) is 6.48. The normalized spacial score (nSPS) is 24.6. The second-order valence-corrected chi connectivity index (χ2v) is 10.7. The third kappa shape index (κ3) is 4.57. The molecule has 37 heavy (non-hydrogen) atoms. The number of benzene rings is 3. The molecule has 4 heterocycles. The minimum atomic E-state index is -0.374. The predicted octanol–water partition coefficient (Wildman–Crippen LogP) is 7.04. The zero-order chi connectivity index (χ0) is 25.4. The highest BCUT2D eigenvalue weighted by molar-refractivity contribution is 5.86. The second kappa shape index (κ2) is 10.1. The van der Waals surface area contributed by atoms with Crippen molar-refractivity contribution in [3.8, 4) is 0 Å². The van der Waals surface area contributed by atoms with Crippen LogP contribution in [0.5, 0.6) is 0 Å². The lowest BCUT2D eigenvalue weighted by Gasteiger charge is -2.51. The van der Waals surface area contributed by atoms with E-state index in [0.29, 0.717) is 5.92 Å². The number of piperidine rings is 3. The maximum atomic E-state index is 13.5. The molecule has 4 aromatic rings. The van der Waals surface area contributed by atoms with Gasteiger partial charge in [0.05, 0.1) is 17.6 Å². The van der Waals surface area contributed by atoms with E-state index in [2.05, 4.69) is 52.5 Å². The van der Waals surface area contributed by atoms with Gasteiger partial charge in [-0.25, -0.2) is 4.79 Å². The molecule has 1 N–H and O–H groups in total. The molecule has 7 rings (SSSR count). The molecule has 5 nitrogen and oxygen atoms in total. The Morgan fingerprint density at radius 2 is 1.81 bits per heavy atom. The molecule has 3 saturated heterocycles. The van der Waals surface area contributed by atoms with Gasteiger partial charge in [0, 0.05) is 23.7 Å². The van der Waals surface area contributed by atoms with Gasteiger partial charge in [0.2, 0.25) is 0 Å². The summed E-state index contributed by atoms with van der Waals surface area (Å²) in [6, 6.07) is 24.7. The average Bonchev–Trinajstić information content (AvgIpc) is 2.95. The number of hydrogen-bond donors (Lipinski definition) is 1. The number of alkyl carbamates (subject to hydrolysis) is 1. The number of aromatic nitrogens is 1. The fraction of sp³-hybridized carbons (Fsp3) is 0.375. The van der Waals surface area contributed by atoms with E-state index in [1.807, 2.05) is 55.6 Å². The molecule has 3 fully saturated rings. The van der Waals surface area contributed by atoms with Crippen LogP contribution in [0.15, 0.2) is 79.0 Å². The summed E-state index contributed by atoms with van der Waals surface area (Å²) in [5.74, 6) is 1.43. The van der Waals surface area contributed by atoms with Gasteiger partial charge in [0.1, 0.15) is 6.10 Å². The van der Waals surface area contributed by atoms with E-state index < -0.39 is 0 Å². The van der Waals surface area contributed by atoms with Crippen molar-refractivity contribution in [3.63, 3.8) is 0 Å². The lowest BCUT2D eigenvalue weighted by Crippen LogP contribution is -2.56. The number of fused-ring (bicyclic) bond motifs is 5. The van der Waals surface area contributed by atoms with Crippen molar-refractivity contribution in [2.24, 2.45) is 11.8 Å². The number of pyridine rings is 1. The van der Waals surface area contributed by atoms with Gasteiger partial charge in [-0.15, -0.1) is 0 Å². The summed E-state index contributed by atoms with van der Waals surface area (Å²) >= 11 is 0. The molecule has 0 aliphatic carbocycles. The Labute approximate surface area is 218 Å². The van der Waals surface area contributed by atoms with Crippen LogP contribution < -0.4 is 5.32 Å². The summed E-state index contributed by atoms with van der Waals surface area (Å²) in [6.07, 6.45) is 4.63. The van der Waals surface area contributed by atoms with Crippen molar-refractivity contribution in [2.45, 2.75) is 51.3 Å². The van der Waals surface area contributed by atoms with Crippen LogP contribution in [0.25, 0.3) is 21.7 Å². The average molecular weight is 494 g/mol. The molecule has 0 saturated carbocycles. The minimum absolute atomic E-state index is 0.172. The van der Waals surface area contributed by atoms with E-state index in [9.17, 15) is 4.79 Å². The zero-order valence-corrected chi connectivity index (χ0v) is 21.6. The van der Waals surface area contributed by atoms with E-state index >= 15 is 0 Å². The number of amides is 1. The smallest absolute Gasteiger partial charge is 0.408 e. The first-order chi connectivity index (χ1) is 18.1. The molecule has 6 atom stereocenters. The minimum Gasteiger partial charge on any atom is -0.440 e. The van der Waals surface area contributed by atoms with Gasteiger partial charge in [0.15, 0.2) is 0 Å². The van der Waals surface area contributed by atoms with Gasteiger partial charge in [-0.3, -0.25) is 9.88 Å². The van der Waals surface area contributed by atoms with Crippen LogP contribution in [-0.2, 0) is 4.74 Å². The molecule has 3 aromatic carbocycles. The fourth-order valence-corrected chi connectivity index (χ4v) is 6.70. The van der Waals surface area contributed by atoms with Gasteiger partial charge in [-0.05, 0) is 66.6 Å². The Balaban J connectivity index is 1.30. The molecule has 190 valence electrons. The van der Waals surface area contributed by atoms with Crippen LogP contribution in [0.3, 0.4) is 0 Å². The molecule has 5 heteroatoms. The lowest BCUT2D eigenvalue weighted by molar-refractivity contribution is -0.0607. The van der Waals surface area contributed by atoms with Gasteiger partial charge < -0.3 is 10.1 Å². The van der Waals surface area contributed by atoms with Crippen molar-refractivity contribution in [1.29, 1.82) is 0 Å². The van der Waals surface area contributed by atoms with Crippen LogP contribution in [0.4, 0.5) is 4.79 Å². The van der Waals surface area contributed by atoms with E-state index in [0.717, 1.165) is 52.8 Å². The Hall–Kier alpha value is -3.44. The number of hydrogen-bond acceptors (Lipinski definition) is 4. The Bertz CT molecular complexity index is 1410. The van der Waals surface area contributed by atoms with Crippen LogP contribution in [0.2, 0.25) is 0 Å². The quantitative estimate of drug-likeness (QED) is 0.313. The Morgan fingerprint density at radius 3 is 2.62 bits per heavy atom. The molecular weight excluding hydrogens is 458 g/mol. The van der Waals surface area contributed by atoms with E-state index in [1.165, 1.54) is 18.2 Å². The number of nitrogens with zero attached hydrogens (tertiary/aromatic N) is 2. The van der Waals surface area contributed by atoms with Crippen LogP contribution in [0, 0.1) is 11.8 Å². The maximum absolute atomic E-state index is 13.5. The highest BCUT2D eigenvalue weighted by Crippen LogP contribution is 2.44. The van der Waals surface area contributed by atoms with Crippen LogP contribution >= 0.6 is 0 Å². The second-order valence-electron chi connectivity index (χ2n) is 10.7. The number of rotatable bonds is 6. The van der Waals surface area contributed by atoms with Gasteiger partial charge in [0.25, 0.3) is 0 Å². The number of para-hydroxylation sites is 1. The first kappa shape index (κ1) is 23.9. The number of carbonyl (C=O) groups is 1. The van der Waals surface area contributed by atoms with E-state index in [4.69, 9.17) is 4.74 Å². The molecule has 1 unspecified atom stereocenters. The van der Waals surface area contributed by atoms with Crippen molar-refractivity contribution < 1.29 is 9.53 Å². The standard InChI is InChI=1S/C32H35N3O2/c1-3-22-20-35-18-16-24(22)19-30(35)31(28-15-17-33-29-14-7-6-12-27(28)29)37-32(36)34-21(2)25-13-8-10-23-9-4-5-11-26(23)25/h4-15,17,21-22,24,30-31H,3,16,18-20H2,1-2H3,(H,34,36)/t21-,22-,24-,30+,31+/m0/s1. The first-order valence-corrected chi connectivity index (χ1v) is 13.6. The van der Waals surface area contributed by atoms with E-state index in [-0.39, 0.29) is 24.3 Å². The lowest BCUT2D eigenvalue weighted by atomic mass is 9.72. The van der Waals surface area contributed by atoms with Crippen LogP contribution in [-0.4, -0.2) is 35.1 Å². The van der Waals surface area contributed by atoms with Gasteiger partial charge >= 0.3 is 6.09 Å². The fourth-order valence-electron chi connectivity index (χ4n) is 6.70. The number of carbonyl (C=O) groups excluding carboxylic acids is 1. The van der Waals surface area contributed by atoms with Crippen molar-refractivity contribution >= 4 is 27.8 Å². The Morgan fingerprint density at radius 1 is 1.03 bits per heavy atom. The summed E-state index contributed by atoms with van der Waals surface area (Å²) in [7, 11) is 0. The summed E-state index contributed by atoms with van der Waals surface area (Å²) in [4.78, 5) is 20.6. The molecule has 0 spiro atoms. The summed E-state index contributed by atoms with van der Waals surface area (Å²) < 4.78 is 6.39. The molecule has 1 aromatic heterocycles. The molecule has 3 aliphatic heterocycles. The largest absolute Gasteiger partial charge is 0.440 e. The maximum Gasteiger partial charge on any atom is 0.408 e. The van der Waals surface area contributed by atoms with Gasteiger partial charge in [-0.2, -0.15) is 0 Å². The Kier molecular flexibility index (Phi) is 6.56. The number of nitrogens with one attached hydrogen (secondary N) is 1. The molecule has 0 radical (unpaired) electrons. The monoisotopic (exact) mass is 493 g/mol. The highest BCUT2D eigenvalue weighted by atomic mass is 16.6. The SMILES string of the molecule is CC[C@H]1CN2CC[C@H]1C[C@@H]2[C@H](OC(=O)N[C@@H](C)c1cccc2ccccc12)c1ccnc2ccccc12. The first-order valence-electron chi connectivity index (χ1n) is 13.6. The molecule has 3 aliphatic rings. The predicted molar refractivity (Wildman–Crippen MR) is 148 cm³/mol. The topological polar surface area (TPSA) is 54.5 Å². The highest BCUT2D eigenvalue weighted by Gasteiger charge is 2.44. The van der Waals surface area contributed by atoms with Crippen molar-refractivity contribution in [2.75, 3.05) is 13.1 Å². The zero-order valence-electron chi connectivity index (χ0n) is 21.6. The van der Waals surface area contributed by atoms with Crippen LogP contribution in [0.1, 0.15) is 56.4 Å². The third-order valence-corrected chi connectivity index (χ3v) is 8.66. The summed E-state index contributed by atoms with van der Waals surface area (Å²) in [5.41, 5.74) is 3.07. The van der Waals surface area contributed by atoms with Gasteiger partial charge in [-0.1, -0.05) is 74.0 Å².